The number of benzene rings is 1. The van der Waals surface area contributed by atoms with Crippen molar-refractivity contribution in [2.75, 3.05) is 13.2 Å². The Hall–Kier alpha value is -2.88. The first-order valence-electron chi connectivity index (χ1n) is 9.53. The van der Waals surface area contributed by atoms with Crippen LogP contribution in [0, 0.1) is 29.6 Å². The number of imidazole rings is 1. The van der Waals surface area contributed by atoms with Crippen LogP contribution in [0.1, 0.15) is 30.1 Å². The molecule has 3 atom stereocenters. The fourth-order valence-corrected chi connectivity index (χ4v) is 3.86. The van der Waals surface area contributed by atoms with Gasteiger partial charge in [0.15, 0.2) is 5.76 Å². The number of ether oxygens (including phenoxy) is 1. The number of aliphatic hydroxyl groups excluding tert-OH is 1. The molecule has 28 heavy (non-hydrogen) atoms. The third kappa shape index (κ3) is 3.24. The van der Waals surface area contributed by atoms with Gasteiger partial charge in [0, 0.05) is 47.3 Å². The zero-order valence-corrected chi connectivity index (χ0v) is 15.6. The second-order valence-electron chi connectivity index (χ2n) is 7.51. The molecule has 0 amide bonds. The molecule has 1 aliphatic carbocycles. The molecule has 1 saturated carbocycles. The van der Waals surface area contributed by atoms with E-state index in [0.717, 1.165) is 30.0 Å². The summed E-state index contributed by atoms with van der Waals surface area (Å²) in [6.45, 7) is 3.94. The van der Waals surface area contributed by atoms with E-state index in [1.807, 2.05) is 41.1 Å². The summed E-state index contributed by atoms with van der Waals surface area (Å²) in [5.41, 5.74) is 2.75. The van der Waals surface area contributed by atoms with E-state index < -0.39 is 6.10 Å². The van der Waals surface area contributed by atoms with Crippen LogP contribution in [0.25, 0.3) is 11.3 Å². The Balaban J connectivity index is 1.27. The molecule has 2 aliphatic rings. The minimum absolute atomic E-state index is 0.501. The molecule has 2 aromatic heterocycles. The highest BCUT2D eigenvalue weighted by atomic mass is 16.5. The van der Waals surface area contributed by atoms with Crippen LogP contribution < -0.4 is 0 Å². The van der Waals surface area contributed by atoms with Crippen LogP contribution in [0.15, 0.2) is 47.2 Å². The predicted octanol–water partition coefficient (Wildman–Crippen LogP) is 2.88. The van der Waals surface area contributed by atoms with E-state index in [2.05, 4.69) is 22.0 Å². The minimum atomic E-state index is -0.627. The van der Waals surface area contributed by atoms with E-state index in [1.165, 1.54) is 0 Å². The Kier molecular flexibility index (Phi) is 4.27. The largest absolute Gasteiger partial charge is 0.385 e. The van der Waals surface area contributed by atoms with Gasteiger partial charge < -0.3 is 18.9 Å². The summed E-state index contributed by atoms with van der Waals surface area (Å²) in [5, 5.41) is 13.9. The Morgan fingerprint density at radius 2 is 2.04 bits per heavy atom. The first-order valence-corrected chi connectivity index (χ1v) is 9.53. The van der Waals surface area contributed by atoms with Crippen molar-refractivity contribution in [1.82, 2.24) is 14.7 Å². The summed E-state index contributed by atoms with van der Waals surface area (Å²) in [6.07, 6.45) is 2.87. The lowest BCUT2D eigenvalue weighted by atomic mass is 10.1. The van der Waals surface area contributed by atoms with Crippen molar-refractivity contribution in [3.05, 3.63) is 59.8 Å². The number of hydrogen-bond donors (Lipinski definition) is 1. The van der Waals surface area contributed by atoms with Gasteiger partial charge in [0.2, 0.25) is 0 Å². The standard InChI is InChI=1S/C22H21N3O3/c1-14(26)22-23-8-9-25(22)11-17-10-21(28-24-17)16-5-2-15(3-6-16)4-7-18-19-12-27-13-20(18)19/h2-3,5-6,8-10,14,18-20,26H,11-13H2,1H3. The maximum absolute atomic E-state index is 9.76. The van der Waals surface area contributed by atoms with E-state index in [0.29, 0.717) is 35.9 Å². The number of hydrogen-bond acceptors (Lipinski definition) is 5. The van der Waals surface area contributed by atoms with Gasteiger partial charge in [-0.05, 0) is 31.2 Å². The third-order valence-electron chi connectivity index (χ3n) is 5.52. The average molecular weight is 375 g/mol. The maximum atomic E-state index is 9.76. The van der Waals surface area contributed by atoms with Gasteiger partial charge in [-0.15, -0.1) is 0 Å². The van der Waals surface area contributed by atoms with Crippen LogP contribution in [0.2, 0.25) is 0 Å². The SMILES string of the molecule is CC(O)c1nccn1Cc1cc(-c2ccc(C#CC3C4COCC34)cc2)on1. The maximum Gasteiger partial charge on any atom is 0.167 e. The van der Waals surface area contributed by atoms with E-state index in [-0.39, 0.29) is 0 Å². The van der Waals surface area contributed by atoms with Gasteiger partial charge in [-0.2, -0.15) is 0 Å². The molecule has 1 saturated heterocycles. The normalized spacial score (nSPS) is 23.7. The number of aliphatic hydroxyl groups is 1. The molecular weight excluding hydrogens is 354 g/mol. The lowest BCUT2D eigenvalue weighted by Gasteiger charge is -2.07. The Labute approximate surface area is 163 Å². The fraction of sp³-hybridized carbons (Fsp3) is 0.364. The molecule has 1 aliphatic heterocycles. The lowest BCUT2D eigenvalue weighted by Crippen LogP contribution is -2.07. The summed E-state index contributed by atoms with van der Waals surface area (Å²) in [7, 11) is 0. The summed E-state index contributed by atoms with van der Waals surface area (Å²) < 4.78 is 12.8. The van der Waals surface area contributed by atoms with E-state index in [9.17, 15) is 5.11 Å². The first kappa shape index (κ1) is 17.2. The highest BCUT2D eigenvalue weighted by molar-refractivity contribution is 5.59. The molecule has 6 nitrogen and oxygen atoms in total. The number of aromatic nitrogens is 3. The van der Waals surface area contributed by atoms with Gasteiger partial charge in [-0.1, -0.05) is 17.0 Å². The van der Waals surface area contributed by atoms with Gasteiger partial charge in [-0.3, -0.25) is 0 Å². The van der Waals surface area contributed by atoms with Crippen molar-refractivity contribution in [1.29, 1.82) is 0 Å². The van der Waals surface area contributed by atoms with Crippen LogP contribution in [0.5, 0.6) is 0 Å². The molecule has 142 valence electrons. The van der Waals surface area contributed by atoms with E-state index >= 15 is 0 Å². The molecule has 0 bridgehead atoms. The monoisotopic (exact) mass is 375 g/mol. The molecular formula is C22H21N3O3. The van der Waals surface area contributed by atoms with Crippen molar-refractivity contribution in [2.45, 2.75) is 19.6 Å². The van der Waals surface area contributed by atoms with Gasteiger partial charge in [0.1, 0.15) is 17.6 Å². The molecule has 0 spiro atoms. The predicted molar refractivity (Wildman–Crippen MR) is 102 cm³/mol. The zero-order chi connectivity index (χ0) is 19.1. The number of fused-ring (bicyclic) bond motifs is 1. The smallest absolute Gasteiger partial charge is 0.167 e. The van der Waals surface area contributed by atoms with Crippen LogP contribution in [0.3, 0.4) is 0 Å². The Morgan fingerprint density at radius 3 is 2.79 bits per heavy atom. The summed E-state index contributed by atoms with van der Waals surface area (Å²) >= 11 is 0. The van der Waals surface area contributed by atoms with Gasteiger partial charge in [0.25, 0.3) is 0 Å². The summed E-state index contributed by atoms with van der Waals surface area (Å²) in [5.74, 6) is 9.81. The lowest BCUT2D eigenvalue weighted by molar-refractivity contribution is 0.158. The topological polar surface area (TPSA) is 73.3 Å². The summed E-state index contributed by atoms with van der Waals surface area (Å²) in [4.78, 5) is 4.17. The van der Waals surface area contributed by atoms with Crippen LogP contribution in [-0.4, -0.2) is 33.0 Å². The molecule has 0 radical (unpaired) electrons. The minimum Gasteiger partial charge on any atom is -0.385 e. The highest BCUT2D eigenvalue weighted by Gasteiger charge is 2.53. The third-order valence-corrected chi connectivity index (χ3v) is 5.52. The molecule has 3 aromatic rings. The van der Waals surface area contributed by atoms with Gasteiger partial charge in [0.05, 0.1) is 19.8 Å². The molecule has 5 rings (SSSR count). The van der Waals surface area contributed by atoms with Crippen LogP contribution in [0.4, 0.5) is 0 Å². The number of nitrogens with zero attached hydrogens (tertiary/aromatic N) is 3. The highest BCUT2D eigenvalue weighted by Crippen LogP contribution is 2.50. The molecule has 6 heteroatoms. The fourth-order valence-electron chi connectivity index (χ4n) is 3.86. The average Bonchev–Trinajstić information content (AvgIpc) is 3.21. The Bertz CT molecular complexity index is 1030. The number of rotatable bonds is 4. The van der Waals surface area contributed by atoms with Crippen molar-refractivity contribution in [2.24, 2.45) is 17.8 Å². The van der Waals surface area contributed by atoms with E-state index in [1.54, 1.807) is 13.1 Å². The zero-order valence-electron chi connectivity index (χ0n) is 15.6. The van der Waals surface area contributed by atoms with Crippen molar-refractivity contribution in [3.63, 3.8) is 0 Å². The summed E-state index contributed by atoms with van der Waals surface area (Å²) in [6, 6.07) is 9.95. The van der Waals surface area contributed by atoms with Gasteiger partial charge in [-0.25, -0.2) is 4.98 Å². The quantitative estimate of drug-likeness (QED) is 0.710. The molecule has 1 aromatic carbocycles. The van der Waals surface area contributed by atoms with Gasteiger partial charge >= 0.3 is 0 Å². The molecule has 1 N–H and O–H groups in total. The molecule has 3 heterocycles. The Morgan fingerprint density at radius 1 is 1.25 bits per heavy atom. The van der Waals surface area contributed by atoms with Crippen LogP contribution in [-0.2, 0) is 11.3 Å². The molecule has 3 unspecified atom stereocenters. The van der Waals surface area contributed by atoms with Crippen molar-refractivity contribution in [3.8, 4) is 23.2 Å². The van der Waals surface area contributed by atoms with Crippen molar-refractivity contribution < 1.29 is 14.4 Å². The molecule has 2 fully saturated rings. The second-order valence-corrected chi connectivity index (χ2v) is 7.51. The second kappa shape index (κ2) is 6.93. The van der Waals surface area contributed by atoms with Crippen molar-refractivity contribution >= 4 is 0 Å². The first-order chi connectivity index (χ1) is 13.7. The van der Waals surface area contributed by atoms with Crippen LogP contribution >= 0.6 is 0 Å². The van der Waals surface area contributed by atoms with E-state index in [4.69, 9.17) is 9.26 Å².